The zero-order valence-electron chi connectivity index (χ0n) is 13.8. The van der Waals surface area contributed by atoms with E-state index in [1.807, 2.05) is 25.1 Å². The first kappa shape index (κ1) is 18.7. The summed E-state index contributed by atoms with van der Waals surface area (Å²) in [4.78, 5) is 15.8. The summed E-state index contributed by atoms with van der Waals surface area (Å²) in [6.07, 6.45) is 3.49. The Labute approximate surface area is 161 Å². The van der Waals surface area contributed by atoms with Gasteiger partial charge in [0.15, 0.2) is 16.6 Å². The third kappa shape index (κ3) is 3.56. The summed E-state index contributed by atoms with van der Waals surface area (Å²) in [6, 6.07) is 3.78. The Hall–Kier alpha value is -1.61. The number of likely N-dealkylation sites (N-methyl/N-ethyl adjacent to an activating group) is 2. The van der Waals surface area contributed by atoms with Crippen LogP contribution in [-0.2, 0) is 4.79 Å². The predicted octanol–water partition coefficient (Wildman–Crippen LogP) is 3.28. The van der Waals surface area contributed by atoms with Crippen molar-refractivity contribution >= 4 is 51.9 Å². The molecule has 0 unspecified atom stereocenters. The van der Waals surface area contributed by atoms with Crippen molar-refractivity contribution < 1.29 is 14.3 Å². The van der Waals surface area contributed by atoms with E-state index in [1.54, 1.807) is 30.0 Å². The van der Waals surface area contributed by atoms with Crippen molar-refractivity contribution in [2.24, 2.45) is 0 Å². The van der Waals surface area contributed by atoms with Crippen LogP contribution >= 0.6 is 34.8 Å². The number of amides is 1. The Balaban J connectivity index is 2.43. The number of carbonyl (C=O) groups excluding carboxylic acids is 1. The van der Waals surface area contributed by atoms with Gasteiger partial charge < -0.3 is 14.4 Å². The monoisotopic (exact) mass is 458 g/mol. The maximum atomic E-state index is 12.5. The van der Waals surface area contributed by atoms with Crippen LogP contribution < -0.4 is 9.47 Å². The van der Waals surface area contributed by atoms with E-state index in [9.17, 15) is 4.79 Å². The van der Waals surface area contributed by atoms with Crippen molar-refractivity contribution in [3.8, 4) is 11.5 Å². The summed E-state index contributed by atoms with van der Waals surface area (Å²) in [7, 11) is 3.38. The Kier molecular flexibility index (Phi) is 6.22. The topological polar surface area (TPSA) is 42.0 Å². The molecule has 1 aromatic carbocycles. The van der Waals surface area contributed by atoms with Gasteiger partial charge in [-0.2, -0.15) is 0 Å². The molecule has 2 rings (SSSR count). The summed E-state index contributed by atoms with van der Waals surface area (Å²) in [5.41, 5.74) is 1.39. The van der Waals surface area contributed by atoms with Gasteiger partial charge in [0.2, 0.25) is 0 Å². The largest absolute Gasteiger partial charge is 0.493 e. The first-order chi connectivity index (χ1) is 11.4. The average Bonchev–Trinajstić information content (AvgIpc) is 2.76. The summed E-state index contributed by atoms with van der Waals surface area (Å²) in [5, 5.41) is 0.515. The van der Waals surface area contributed by atoms with Gasteiger partial charge in [0, 0.05) is 13.6 Å². The fraction of sp³-hybridized carbons (Fsp3) is 0.294. The van der Waals surface area contributed by atoms with Crippen molar-refractivity contribution in [2.45, 2.75) is 6.92 Å². The van der Waals surface area contributed by atoms with Crippen molar-refractivity contribution in [1.29, 1.82) is 0 Å². The SMILES string of the molecule is C=CCOc1c(I)cc(C=C2C(=O)N(CC)C(=S)N2C)cc1OC. The van der Waals surface area contributed by atoms with Crippen LogP contribution in [0.3, 0.4) is 0 Å². The Bertz CT molecular complexity index is 718. The fourth-order valence-corrected chi connectivity index (χ4v) is 3.44. The number of rotatable bonds is 6. The first-order valence-corrected chi connectivity index (χ1v) is 8.85. The highest BCUT2D eigenvalue weighted by Gasteiger charge is 2.34. The summed E-state index contributed by atoms with van der Waals surface area (Å²) >= 11 is 7.49. The number of thiocarbonyl (C=S) groups is 1. The van der Waals surface area contributed by atoms with E-state index < -0.39 is 0 Å². The molecule has 128 valence electrons. The average molecular weight is 458 g/mol. The lowest BCUT2D eigenvalue weighted by atomic mass is 10.1. The molecule has 1 aliphatic rings. The highest BCUT2D eigenvalue weighted by Crippen LogP contribution is 2.35. The second-order valence-corrected chi connectivity index (χ2v) is 6.58. The molecule has 1 aliphatic heterocycles. The van der Waals surface area contributed by atoms with E-state index >= 15 is 0 Å². The van der Waals surface area contributed by atoms with E-state index in [1.165, 1.54) is 0 Å². The summed E-state index contributed by atoms with van der Waals surface area (Å²) in [5.74, 6) is 1.18. The van der Waals surface area contributed by atoms with Crippen LogP contribution in [0.4, 0.5) is 0 Å². The standard InChI is InChI=1S/C17H19IN2O3S/c1-5-7-23-15-12(18)8-11(10-14(15)22-4)9-13-16(21)20(6-2)17(24)19(13)3/h5,8-10H,1,6-7H2,2-4H3. The Morgan fingerprint density at radius 1 is 1.42 bits per heavy atom. The van der Waals surface area contributed by atoms with Crippen molar-refractivity contribution in [2.75, 3.05) is 27.3 Å². The molecule has 0 saturated carbocycles. The van der Waals surface area contributed by atoms with E-state index in [0.29, 0.717) is 35.5 Å². The number of methoxy groups -OCH3 is 1. The molecule has 0 spiro atoms. The fourth-order valence-electron chi connectivity index (χ4n) is 2.35. The molecular formula is C17H19IN2O3S. The summed E-state index contributed by atoms with van der Waals surface area (Å²) < 4.78 is 12.0. The predicted molar refractivity (Wildman–Crippen MR) is 107 cm³/mol. The van der Waals surface area contributed by atoms with E-state index in [0.717, 1.165) is 9.13 Å². The molecule has 1 saturated heterocycles. The third-order valence-electron chi connectivity index (χ3n) is 3.56. The minimum Gasteiger partial charge on any atom is -0.493 e. The number of hydrogen-bond acceptors (Lipinski definition) is 4. The van der Waals surface area contributed by atoms with Crippen molar-refractivity contribution in [1.82, 2.24) is 9.80 Å². The molecule has 0 aliphatic carbocycles. The van der Waals surface area contributed by atoms with Gasteiger partial charge in [-0.3, -0.25) is 9.69 Å². The lowest BCUT2D eigenvalue weighted by Gasteiger charge is -2.14. The van der Waals surface area contributed by atoms with Gasteiger partial charge in [-0.1, -0.05) is 12.7 Å². The van der Waals surface area contributed by atoms with Crippen molar-refractivity contribution in [3.63, 3.8) is 0 Å². The molecular weight excluding hydrogens is 439 g/mol. The first-order valence-electron chi connectivity index (χ1n) is 7.37. The molecule has 0 N–H and O–H groups in total. The second kappa shape index (κ2) is 7.98. The molecule has 24 heavy (non-hydrogen) atoms. The number of benzene rings is 1. The van der Waals surface area contributed by atoms with Gasteiger partial charge in [-0.15, -0.1) is 0 Å². The van der Waals surface area contributed by atoms with E-state index in [4.69, 9.17) is 21.7 Å². The molecule has 0 atom stereocenters. The molecule has 1 amide bonds. The lowest BCUT2D eigenvalue weighted by Crippen LogP contribution is -2.30. The van der Waals surface area contributed by atoms with Gasteiger partial charge in [0.25, 0.3) is 5.91 Å². The minimum absolute atomic E-state index is 0.0917. The normalized spacial score (nSPS) is 16.1. The van der Waals surface area contributed by atoms with Gasteiger partial charge in [0.1, 0.15) is 12.3 Å². The van der Waals surface area contributed by atoms with E-state index in [-0.39, 0.29) is 5.91 Å². The van der Waals surface area contributed by atoms with Gasteiger partial charge in [-0.05, 0) is 65.5 Å². The van der Waals surface area contributed by atoms with Crippen molar-refractivity contribution in [3.05, 3.63) is 39.6 Å². The van der Waals surface area contributed by atoms with Crippen LogP contribution in [0.1, 0.15) is 12.5 Å². The Morgan fingerprint density at radius 2 is 2.12 bits per heavy atom. The molecule has 1 heterocycles. The smallest absolute Gasteiger partial charge is 0.276 e. The van der Waals surface area contributed by atoms with Crippen LogP contribution in [0, 0.1) is 3.57 Å². The second-order valence-electron chi connectivity index (χ2n) is 5.05. The van der Waals surface area contributed by atoms with E-state index in [2.05, 4.69) is 29.2 Å². The molecule has 0 aromatic heterocycles. The molecule has 1 fully saturated rings. The van der Waals surface area contributed by atoms with Crippen LogP contribution in [0.5, 0.6) is 11.5 Å². The molecule has 7 heteroatoms. The van der Waals surface area contributed by atoms with Gasteiger partial charge in [-0.25, -0.2) is 0 Å². The highest BCUT2D eigenvalue weighted by molar-refractivity contribution is 14.1. The quantitative estimate of drug-likeness (QED) is 0.283. The zero-order valence-corrected chi connectivity index (χ0v) is 16.8. The maximum Gasteiger partial charge on any atom is 0.276 e. The summed E-state index contributed by atoms with van der Waals surface area (Å²) in [6.45, 7) is 6.50. The molecule has 0 bridgehead atoms. The zero-order chi connectivity index (χ0) is 17.9. The van der Waals surface area contributed by atoms with Gasteiger partial charge >= 0.3 is 0 Å². The number of hydrogen-bond donors (Lipinski definition) is 0. The third-order valence-corrected chi connectivity index (χ3v) is 4.86. The Morgan fingerprint density at radius 3 is 2.67 bits per heavy atom. The van der Waals surface area contributed by atoms with Crippen LogP contribution in [0.2, 0.25) is 0 Å². The number of nitrogens with zero attached hydrogens (tertiary/aromatic N) is 2. The van der Waals surface area contributed by atoms with Crippen LogP contribution in [-0.4, -0.2) is 48.1 Å². The molecule has 0 radical (unpaired) electrons. The molecule has 1 aromatic rings. The number of halogens is 1. The van der Waals surface area contributed by atoms with Crippen LogP contribution in [0.25, 0.3) is 6.08 Å². The maximum absolute atomic E-state index is 12.5. The lowest BCUT2D eigenvalue weighted by molar-refractivity contribution is -0.122. The van der Waals surface area contributed by atoms with Gasteiger partial charge in [0.05, 0.1) is 10.7 Å². The minimum atomic E-state index is -0.0917. The van der Waals surface area contributed by atoms with Crippen LogP contribution in [0.15, 0.2) is 30.5 Å². The highest BCUT2D eigenvalue weighted by atomic mass is 127. The number of ether oxygens (including phenoxy) is 2. The number of carbonyl (C=O) groups is 1. The molecule has 5 nitrogen and oxygen atoms in total.